The predicted molar refractivity (Wildman–Crippen MR) is 210 cm³/mol. The van der Waals surface area contributed by atoms with Crippen LogP contribution >= 0.6 is 7.82 Å². The topological polar surface area (TPSA) is 184 Å². The summed E-state index contributed by atoms with van der Waals surface area (Å²) in [6.45, 7) is 2.37. The summed E-state index contributed by atoms with van der Waals surface area (Å²) < 4.78 is 32.6. The molecule has 6 N–H and O–H groups in total. The van der Waals surface area contributed by atoms with Crippen LogP contribution in [0.4, 0.5) is 0 Å². The minimum Gasteiger partial charge on any atom is -0.462 e. The molecule has 11 nitrogen and oxygen atoms in total. The fourth-order valence-corrected chi connectivity index (χ4v) is 6.48. The largest absolute Gasteiger partial charge is 0.472 e. The number of unbranched alkanes of at least 4 members (excludes halogenated alkanes) is 23. The Labute approximate surface area is 317 Å². The summed E-state index contributed by atoms with van der Waals surface area (Å²) in [6.07, 6.45) is 33.2. The van der Waals surface area contributed by atoms with Gasteiger partial charge >= 0.3 is 19.8 Å². The van der Waals surface area contributed by atoms with E-state index >= 15 is 0 Å². The lowest BCUT2D eigenvalue weighted by Crippen LogP contribution is -2.29. The maximum Gasteiger partial charge on any atom is 0.472 e. The zero-order chi connectivity index (χ0) is 37.7. The molecule has 0 spiro atoms. The molecule has 0 aliphatic rings. The van der Waals surface area contributed by atoms with E-state index < -0.39 is 51.8 Å². The van der Waals surface area contributed by atoms with Crippen LogP contribution in [0.15, 0.2) is 12.2 Å². The molecule has 0 radical (unpaired) electrons. The molecule has 310 valence electrons. The van der Waals surface area contributed by atoms with Crippen LogP contribution in [0, 0.1) is 0 Å². The Balaban J connectivity index is 0. The Morgan fingerprint density at radius 3 is 1.40 bits per heavy atom. The number of phosphoric ester groups is 1. The highest BCUT2D eigenvalue weighted by Gasteiger charge is 2.27. The molecular weight excluding hydrogens is 685 g/mol. The first-order valence-corrected chi connectivity index (χ1v) is 22.1. The molecule has 0 aromatic heterocycles. The minimum absolute atomic E-state index is 0. The molecule has 0 aliphatic carbocycles. The van der Waals surface area contributed by atoms with E-state index in [1.807, 2.05) is 0 Å². The van der Waals surface area contributed by atoms with Crippen molar-refractivity contribution in [2.75, 3.05) is 26.4 Å². The van der Waals surface area contributed by atoms with Gasteiger partial charge in [0.15, 0.2) is 6.10 Å². The number of hydrogen-bond donors (Lipinski definition) is 4. The molecule has 0 fully saturated rings. The lowest BCUT2D eigenvalue weighted by atomic mass is 10.0. The second kappa shape index (κ2) is 39.4. The fraction of sp³-hybridized carbons (Fsp3) is 0.900. The number of carbonyl (C=O) groups is 2. The highest BCUT2D eigenvalue weighted by atomic mass is 31.2. The van der Waals surface area contributed by atoms with E-state index in [4.69, 9.17) is 19.1 Å². The van der Waals surface area contributed by atoms with Gasteiger partial charge in [-0.25, -0.2) is 4.57 Å². The lowest BCUT2D eigenvalue weighted by molar-refractivity contribution is -0.161. The molecule has 0 aliphatic heterocycles. The highest BCUT2D eigenvalue weighted by Crippen LogP contribution is 2.43. The van der Waals surface area contributed by atoms with Crippen LogP contribution in [0.25, 0.3) is 0 Å². The highest BCUT2D eigenvalue weighted by molar-refractivity contribution is 7.47. The normalized spacial score (nSPS) is 13.8. The molecule has 0 amide bonds. The Morgan fingerprint density at radius 2 is 0.962 bits per heavy atom. The number of aliphatic hydroxyl groups excluding tert-OH is 2. The Hall–Kier alpha value is -1.33. The first-order chi connectivity index (χ1) is 24.7. The number of aliphatic hydroxyl groups is 2. The van der Waals surface area contributed by atoms with Gasteiger partial charge in [-0.3, -0.25) is 18.6 Å². The summed E-state index contributed by atoms with van der Waals surface area (Å²) in [6, 6.07) is 0. The number of rotatable bonds is 39. The summed E-state index contributed by atoms with van der Waals surface area (Å²) in [5.41, 5.74) is 0. The number of hydrogen-bond acceptors (Lipinski definition) is 10. The smallest absolute Gasteiger partial charge is 0.462 e. The second-order valence-electron chi connectivity index (χ2n) is 14.0. The molecule has 0 aromatic carbocycles. The minimum atomic E-state index is -4.61. The summed E-state index contributed by atoms with van der Waals surface area (Å²) in [7, 11) is -4.61. The van der Waals surface area contributed by atoms with Gasteiger partial charge in [-0.05, 0) is 38.5 Å². The number of phosphoric acid groups is 1. The summed E-state index contributed by atoms with van der Waals surface area (Å²) >= 11 is 0. The van der Waals surface area contributed by atoms with Crippen LogP contribution in [0.5, 0.6) is 0 Å². The van der Waals surface area contributed by atoms with Crippen LogP contribution in [-0.2, 0) is 32.7 Å². The Morgan fingerprint density at radius 1 is 0.577 bits per heavy atom. The van der Waals surface area contributed by atoms with Crippen LogP contribution in [0.3, 0.4) is 0 Å². The van der Waals surface area contributed by atoms with Crippen LogP contribution < -0.4 is 6.15 Å². The van der Waals surface area contributed by atoms with Crippen LogP contribution in [0.2, 0.25) is 0 Å². The van der Waals surface area contributed by atoms with Crippen molar-refractivity contribution in [3.05, 3.63) is 12.2 Å². The van der Waals surface area contributed by atoms with E-state index in [-0.39, 0.29) is 25.6 Å². The molecule has 0 saturated carbocycles. The fourth-order valence-electron chi connectivity index (χ4n) is 5.69. The van der Waals surface area contributed by atoms with Gasteiger partial charge in [0, 0.05) is 12.8 Å². The van der Waals surface area contributed by atoms with E-state index in [0.29, 0.717) is 12.8 Å². The number of ether oxygens (including phenoxy) is 2. The third-order valence-corrected chi connectivity index (χ3v) is 9.87. The van der Waals surface area contributed by atoms with Crippen molar-refractivity contribution < 1.29 is 47.8 Å². The van der Waals surface area contributed by atoms with Crippen molar-refractivity contribution >= 4 is 19.8 Å². The van der Waals surface area contributed by atoms with Crippen LogP contribution in [-0.4, -0.2) is 65.7 Å². The zero-order valence-electron chi connectivity index (χ0n) is 33.3. The molecule has 52 heavy (non-hydrogen) atoms. The van der Waals surface area contributed by atoms with Crippen molar-refractivity contribution in [3.63, 3.8) is 0 Å². The van der Waals surface area contributed by atoms with Gasteiger partial charge in [0.1, 0.15) is 12.7 Å². The Kier molecular flexibility index (Phi) is 40.0. The molecule has 0 rings (SSSR count). The van der Waals surface area contributed by atoms with Gasteiger partial charge in [-0.2, -0.15) is 0 Å². The maximum absolute atomic E-state index is 12.6. The molecule has 0 aromatic rings. The molecular formula is C40H80NO10P. The van der Waals surface area contributed by atoms with Crippen molar-refractivity contribution in [2.45, 2.75) is 206 Å². The third kappa shape index (κ3) is 38.4. The summed E-state index contributed by atoms with van der Waals surface area (Å²) in [4.78, 5) is 34.9. The maximum atomic E-state index is 12.6. The molecule has 0 bridgehead atoms. The molecule has 12 heteroatoms. The third-order valence-electron chi connectivity index (χ3n) is 8.92. The van der Waals surface area contributed by atoms with Gasteiger partial charge in [-0.15, -0.1) is 0 Å². The standard InChI is InChI=1S/C40H77O10P.H3N/c1-3-5-7-9-11-13-15-17-18-20-22-24-26-28-30-32-40(44)50-38(36-49-51(45,46)48-34-37(42)33-41)35-47-39(43)31-29-27-25-23-21-19-16-14-12-10-8-6-4-2;/h17-18,37-38,41-42H,3-16,19-36H2,1-2H3,(H,45,46);1H3/b18-17+;/t37?,38-;/m1./s1. The monoisotopic (exact) mass is 766 g/mol. The average molecular weight is 766 g/mol. The lowest BCUT2D eigenvalue weighted by Gasteiger charge is -2.20. The number of esters is 2. The zero-order valence-corrected chi connectivity index (χ0v) is 34.2. The molecule has 0 saturated heterocycles. The van der Waals surface area contributed by atoms with Gasteiger partial charge in [0.2, 0.25) is 0 Å². The summed E-state index contributed by atoms with van der Waals surface area (Å²) in [5, 5.41) is 18.3. The van der Waals surface area contributed by atoms with Gasteiger partial charge in [0.05, 0.1) is 19.8 Å². The van der Waals surface area contributed by atoms with Crippen molar-refractivity contribution in [3.8, 4) is 0 Å². The molecule has 3 atom stereocenters. The SMILES string of the molecule is CCCCCCCC/C=C/CCCCCCCC(=O)O[C@H](COC(=O)CCCCCCCCCCCCCCC)COP(=O)(O)OCC(O)CO.N. The first-order valence-electron chi connectivity index (χ1n) is 20.6. The molecule has 0 heterocycles. The first kappa shape index (κ1) is 52.8. The van der Waals surface area contributed by atoms with E-state index in [0.717, 1.165) is 57.8 Å². The average Bonchev–Trinajstić information content (AvgIpc) is 3.12. The van der Waals surface area contributed by atoms with Crippen molar-refractivity contribution in [1.82, 2.24) is 6.15 Å². The van der Waals surface area contributed by atoms with E-state index in [1.165, 1.54) is 96.3 Å². The second-order valence-corrected chi connectivity index (χ2v) is 15.5. The quantitative estimate of drug-likeness (QED) is 0.0202. The van der Waals surface area contributed by atoms with E-state index in [1.54, 1.807) is 0 Å². The van der Waals surface area contributed by atoms with Gasteiger partial charge in [-0.1, -0.05) is 154 Å². The Bertz CT molecular complexity index is 875. The van der Waals surface area contributed by atoms with E-state index in [2.05, 4.69) is 30.5 Å². The molecule has 2 unspecified atom stereocenters. The van der Waals surface area contributed by atoms with Crippen molar-refractivity contribution in [1.29, 1.82) is 0 Å². The van der Waals surface area contributed by atoms with Gasteiger partial charge in [0.25, 0.3) is 0 Å². The van der Waals surface area contributed by atoms with Crippen molar-refractivity contribution in [2.24, 2.45) is 0 Å². The van der Waals surface area contributed by atoms with Gasteiger partial charge < -0.3 is 30.7 Å². The summed E-state index contributed by atoms with van der Waals surface area (Å²) in [5.74, 6) is -0.927. The number of allylic oxidation sites excluding steroid dienone is 2. The van der Waals surface area contributed by atoms with E-state index in [9.17, 15) is 24.2 Å². The van der Waals surface area contributed by atoms with Crippen LogP contribution in [0.1, 0.15) is 194 Å². The number of carbonyl (C=O) groups excluding carboxylic acids is 2. The predicted octanol–water partition coefficient (Wildman–Crippen LogP) is 10.6.